The number of halogens is 1. The molecule has 0 aromatic heterocycles. The largest absolute Gasteiger partial charge is 0.381 e. The molecule has 4 heteroatoms. The highest BCUT2D eigenvalue weighted by atomic mass is 35.5. The normalized spacial score (nSPS) is 19.1. The molecule has 1 atom stereocenters. The summed E-state index contributed by atoms with van der Waals surface area (Å²) in [5.74, 6) is 0.636. The first-order valence-electron chi connectivity index (χ1n) is 6.77. The number of hydrogen-bond acceptors (Lipinski definition) is 2. The van der Waals surface area contributed by atoms with Crippen LogP contribution in [0.5, 0.6) is 0 Å². The molecule has 0 N–H and O–H groups in total. The zero-order valence-electron chi connectivity index (χ0n) is 11.1. The third-order valence-electron chi connectivity index (χ3n) is 3.39. The molecule has 0 aliphatic carbocycles. The Labute approximate surface area is 119 Å². The van der Waals surface area contributed by atoms with E-state index < -0.39 is 0 Å². The lowest BCUT2D eigenvalue weighted by atomic mass is 10.0. The summed E-state index contributed by atoms with van der Waals surface area (Å²) in [5.41, 5.74) is 1.14. The van der Waals surface area contributed by atoms with Gasteiger partial charge in [0.15, 0.2) is 0 Å². The third-order valence-corrected chi connectivity index (χ3v) is 3.56. The smallest absolute Gasteiger partial charge is 0.228 e. The summed E-state index contributed by atoms with van der Waals surface area (Å²) in [6.07, 6.45) is 1.89. The first-order chi connectivity index (χ1) is 9.31. The van der Waals surface area contributed by atoms with Gasteiger partial charge >= 0.3 is 0 Å². The molecule has 0 saturated carbocycles. The second-order valence-electron chi connectivity index (χ2n) is 4.85. The summed E-state index contributed by atoms with van der Waals surface area (Å²) in [7, 11) is 0. The van der Waals surface area contributed by atoms with Crippen LogP contribution in [0.1, 0.15) is 18.4 Å². The number of benzene rings is 1. The Balaban J connectivity index is 2.00. The van der Waals surface area contributed by atoms with Gasteiger partial charge in [0.2, 0.25) is 5.91 Å². The van der Waals surface area contributed by atoms with Crippen LogP contribution in [0, 0.1) is 5.92 Å². The van der Waals surface area contributed by atoms with Crippen molar-refractivity contribution in [3.63, 3.8) is 0 Å². The lowest BCUT2D eigenvalue weighted by Crippen LogP contribution is -2.40. The molecule has 1 aromatic carbocycles. The molecule has 104 valence electrons. The summed E-state index contributed by atoms with van der Waals surface area (Å²) >= 11 is 5.82. The molecule has 1 aromatic rings. The van der Waals surface area contributed by atoms with E-state index in [1.807, 2.05) is 35.2 Å². The zero-order chi connectivity index (χ0) is 13.5. The fraction of sp³-hybridized carbons (Fsp3) is 0.533. The van der Waals surface area contributed by atoms with Crippen molar-refractivity contribution >= 4 is 17.5 Å². The number of hydrogen-bond donors (Lipinski definition) is 0. The van der Waals surface area contributed by atoms with Crippen LogP contribution in [0.2, 0.25) is 0 Å². The Morgan fingerprint density at radius 1 is 1.37 bits per heavy atom. The first kappa shape index (κ1) is 14.4. The summed E-state index contributed by atoms with van der Waals surface area (Å²) in [4.78, 5) is 14.3. The second kappa shape index (κ2) is 7.51. The quantitative estimate of drug-likeness (QED) is 0.777. The molecule has 0 spiro atoms. The van der Waals surface area contributed by atoms with Crippen molar-refractivity contribution in [1.29, 1.82) is 0 Å². The van der Waals surface area contributed by atoms with Crippen LogP contribution >= 0.6 is 11.6 Å². The highest BCUT2D eigenvalue weighted by Gasteiger charge is 2.26. The minimum atomic E-state index is 0.000629. The molecule has 2 rings (SSSR count). The van der Waals surface area contributed by atoms with Crippen LogP contribution in [0.15, 0.2) is 30.3 Å². The van der Waals surface area contributed by atoms with Gasteiger partial charge in [0.1, 0.15) is 0 Å². The predicted octanol–water partition coefficient (Wildman–Crippen LogP) is 2.68. The molecule has 1 saturated heterocycles. The van der Waals surface area contributed by atoms with Crippen molar-refractivity contribution < 1.29 is 9.53 Å². The molecule has 19 heavy (non-hydrogen) atoms. The van der Waals surface area contributed by atoms with E-state index in [4.69, 9.17) is 16.3 Å². The van der Waals surface area contributed by atoms with E-state index >= 15 is 0 Å². The van der Waals surface area contributed by atoms with E-state index in [2.05, 4.69) is 0 Å². The standard InChI is InChI=1S/C15H20ClNO2/c16-8-9-17(11-13-5-2-1-3-6-13)15(18)14-7-4-10-19-12-14/h1-3,5-6,14H,4,7-12H2. The number of nitrogens with zero attached hydrogens (tertiary/aromatic N) is 1. The van der Waals surface area contributed by atoms with Gasteiger partial charge in [-0.3, -0.25) is 4.79 Å². The minimum Gasteiger partial charge on any atom is -0.381 e. The van der Waals surface area contributed by atoms with Gasteiger partial charge in [0.25, 0.3) is 0 Å². The second-order valence-corrected chi connectivity index (χ2v) is 5.23. The maximum absolute atomic E-state index is 12.5. The van der Waals surface area contributed by atoms with Gasteiger partial charge in [-0.15, -0.1) is 11.6 Å². The lowest BCUT2D eigenvalue weighted by molar-refractivity contribution is -0.140. The van der Waals surface area contributed by atoms with E-state index in [1.54, 1.807) is 0 Å². The fourth-order valence-corrected chi connectivity index (χ4v) is 2.57. The molecular formula is C15H20ClNO2. The topological polar surface area (TPSA) is 29.5 Å². The Kier molecular flexibility index (Phi) is 5.67. The van der Waals surface area contributed by atoms with Gasteiger partial charge < -0.3 is 9.64 Å². The van der Waals surface area contributed by atoms with E-state index in [-0.39, 0.29) is 11.8 Å². The summed E-state index contributed by atoms with van der Waals surface area (Å²) in [6.45, 7) is 2.54. The van der Waals surface area contributed by atoms with Gasteiger partial charge in [0, 0.05) is 25.6 Å². The zero-order valence-corrected chi connectivity index (χ0v) is 11.8. The van der Waals surface area contributed by atoms with Crippen molar-refractivity contribution in [3.05, 3.63) is 35.9 Å². The van der Waals surface area contributed by atoms with Gasteiger partial charge in [-0.2, -0.15) is 0 Å². The van der Waals surface area contributed by atoms with Gasteiger partial charge in [-0.25, -0.2) is 0 Å². The van der Waals surface area contributed by atoms with Crippen molar-refractivity contribution in [2.45, 2.75) is 19.4 Å². The number of rotatable bonds is 5. The number of alkyl halides is 1. The molecular weight excluding hydrogens is 262 g/mol. The van der Waals surface area contributed by atoms with Crippen LogP contribution in [0.3, 0.4) is 0 Å². The van der Waals surface area contributed by atoms with Crippen molar-refractivity contribution in [2.75, 3.05) is 25.6 Å². The van der Waals surface area contributed by atoms with Crippen LogP contribution in [-0.4, -0.2) is 36.4 Å². The van der Waals surface area contributed by atoms with Gasteiger partial charge in [-0.05, 0) is 18.4 Å². The van der Waals surface area contributed by atoms with Crippen molar-refractivity contribution in [2.24, 2.45) is 5.92 Å². The molecule has 1 aliphatic rings. The Bertz CT molecular complexity index is 390. The van der Waals surface area contributed by atoms with Crippen LogP contribution in [0.4, 0.5) is 0 Å². The van der Waals surface area contributed by atoms with Gasteiger partial charge in [-0.1, -0.05) is 30.3 Å². The fourth-order valence-electron chi connectivity index (χ4n) is 2.37. The van der Waals surface area contributed by atoms with E-state index in [0.29, 0.717) is 25.6 Å². The molecule has 1 aliphatic heterocycles. The molecule has 1 unspecified atom stereocenters. The molecule has 1 fully saturated rings. The van der Waals surface area contributed by atoms with Crippen molar-refractivity contribution in [1.82, 2.24) is 4.90 Å². The predicted molar refractivity (Wildman–Crippen MR) is 76.1 cm³/mol. The molecule has 1 amide bonds. The van der Waals surface area contributed by atoms with E-state index in [1.165, 1.54) is 0 Å². The maximum Gasteiger partial charge on any atom is 0.228 e. The van der Waals surface area contributed by atoms with E-state index in [9.17, 15) is 4.79 Å². The van der Waals surface area contributed by atoms with E-state index in [0.717, 1.165) is 25.0 Å². The maximum atomic E-state index is 12.5. The average molecular weight is 282 g/mol. The first-order valence-corrected chi connectivity index (χ1v) is 7.31. The Morgan fingerprint density at radius 3 is 2.79 bits per heavy atom. The summed E-state index contributed by atoms with van der Waals surface area (Å²) < 4.78 is 5.40. The highest BCUT2D eigenvalue weighted by Crippen LogP contribution is 2.18. The third kappa shape index (κ3) is 4.22. The number of amides is 1. The number of carbonyl (C=O) groups excluding carboxylic acids is 1. The minimum absolute atomic E-state index is 0.000629. The molecule has 0 bridgehead atoms. The van der Waals surface area contributed by atoms with Crippen LogP contribution < -0.4 is 0 Å². The monoisotopic (exact) mass is 281 g/mol. The molecule has 3 nitrogen and oxygen atoms in total. The number of ether oxygens (including phenoxy) is 1. The molecule has 1 heterocycles. The lowest BCUT2D eigenvalue weighted by Gasteiger charge is -2.29. The van der Waals surface area contributed by atoms with Crippen LogP contribution in [-0.2, 0) is 16.1 Å². The van der Waals surface area contributed by atoms with Gasteiger partial charge in [0.05, 0.1) is 12.5 Å². The van der Waals surface area contributed by atoms with Crippen LogP contribution in [0.25, 0.3) is 0 Å². The number of carbonyl (C=O) groups is 1. The SMILES string of the molecule is O=C(C1CCCOC1)N(CCCl)Cc1ccccc1. The Morgan fingerprint density at radius 2 is 2.16 bits per heavy atom. The summed E-state index contributed by atoms with van der Waals surface area (Å²) in [5, 5.41) is 0. The van der Waals surface area contributed by atoms with Crippen molar-refractivity contribution in [3.8, 4) is 0 Å². The molecule has 0 radical (unpaired) electrons. The summed E-state index contributed by atoms with van der Waals surface area (Å²) in [6, 6.07) is 10.0. The Hall–Kier alpha value is -1.06. The average Bonchev–Trinajstić information content (AvgIpc) is 2.48. The highest BCUT2D eigenvalue weighted by molar-refractivity contribution is 6.18.